The molecule has 0 unspecified atom stereocenters. The van der Waals surface area contributed by atoms with Gasteiger partial charge >= 0.3 is 194 Å². The minimum atomic E-state index is -2.69. The molecule has 31 heavy (non-hydrogen) atoms. The molecule has 0 aromatic heterocycles. The van der Waals surface area contributed by atoms with Gasteiger partial charge in [0.1, 0.15) is 0 Å². The van der Waals surface area contributed by atoms with E-state index in [9.17, 15) is 0 Å². The Bertz CT molecular complexity index is 729. The van der Waals surface area contributed by atoms with Crippen molar-refractivity contribution in [2.75, 3.05) is 0 Å². The van der Waals surface area contributed by atoms with Crippen molar-refractivity contribution in [2.45, 2.75) is 76.4 Å². The molecule has 0 amide bonds. The number of benzene rings is 3. The molecule has 0 bridgehead atoms. The zero-order chi connectivity index (χ0) is 21.6. The predicted octanol–water partition coefficient (Wildman–Crippen LogP) is 7.08. The van der Waals surface area contributed by atoms with E-state index in [-0.39, 0.29) is 0 Å². The normalized spacial score (nSPS) is 11.5. The van der Waals surface area contributed by atoms with Crippen molar-refractivity contribution >= 4 is 26.5 Å². The molecule has 3 rings (SSSR count). The first-order chi connectivity index (χ1) is 15.4. The van der Waals surface area contributed by atoms with Crippen LogP contribution in [0.3, 0.4) is 0 Å². The summed E-state index contributed by atoms with van der Waals surface area (Å²) in [5.41, 5.74) is 0. The van der Waals surface area contributed by atoms with Gasteiger partial charge in [-0.05, 0) is 0 Å². The monoisotopic (exact) mass is 474 g/mol. The zero-order valence-electron chi connectivity index (χ0n) is 19.4. The van der Waals surface area contributed by atoms with Crippen LogP contribution in [0.25, 0.3) is 0 Å². The first-order valence-corrected chi connectivity index (χ1v) is 17.2. The van der Waals surface area contributed by atoms with Crippen LogP contribution in [0, 0.1) is 0 Å². The van der Waals surface area contributed by atoms with Crippen molar-refractivity contribution in [3.8, 4) is 0 Å². The molecule has 0 saturated heterocycles. The summed E-state index contributed by atoms with van der Waals surface area (Å²) in [7, 11) is 0. The van der Waals surface area contributed by atoms with Crippen LogP contribution in [0.5, 0.6) is 0 Å². The topological polar surface area (TPSA) is 0 Å². The van der Waals surface area contributed by atoms with Gasteiger partial charge in [0.2, 0.25) is 0 Å². The predicted molar refractivity (Wildman–Crippen MR) is 141 cm³/mol. The maximum absolute atomic E-state index is 2.69. The molecule has 3 aromatic carbocycles. The molecule has 0 N–H and O–H groups in total. The van der Waals surface area contributed by atoms with E-state index >= 15 is 0 Å². The van der Waals surface area contributed by atoms with Gasteiger partial charge in [-0.3, -0.25) is 0 Å². The third-order valence-electron chi connectivity index (χ3n) is 6.71. The molecule has 0 fully saturated rings. The van der Waals surface area contributed by atoms with E-state index in [1.165, 1.54) is 69.5 Å². The molecule has 3 aromatic rings. The second-order valence-corrected chi connectivity index (χ2v) is 17.4. The van der Waals surface area contributed by atoms with E-state index in [1.54, 1.807) is 13.2 Å². The Hall–Kier alpha value is -1.80. The fraction of sp³-hybridized carbons (Fsp3) is 0.400. The Morgan fingerprint density at radius 1 is 0.419 bits per heavy atom. The molecule has 0 atom stereocenters. The van der Waals surface area contributed by atoms with E-state index in [2.05, 4.69) is 97.9 Å². The summed E-state index contributed by atoms with van der Waals surface area (Å²) >= 11 is -2.69. The third kappa shape index (κ3) is 6.84. The van der Waals surface area contributed by atoms with Crippen LogP contribution in [0.15, 0.2) is 91.0 Å². The molecule has 0 aliphatic carbocycles. The minimum absolute atomic E-state index is 1.34. The Morgan fingerprint density at radius 3 is 1.10 bits per heavy atom. The number of hydrogen-bond acceptors (Lipinski definition) is 0. The quantitative estimate of drug-likeness (QED) is 0.174. The summed E-state index contributed by atoms with van der Waals surface area (Å²) in [6.07, 6.45) is 14.0. The number of rotatable bonds is 14. The molecule has 0 radical (unpaired) electrons. The van der Waals surface area contributed by atoms with Crippen LogP contribution < -0.4 is 13.2 Å². The summed E-state index contributed by atoms with van der Waals surface area (Å²) in [6.45, 7) is 2.30. The van der Waals surface area contributed by atoms with E-state index < -0.39 is 13.3 Å². The van der Waals surface area contributed by atoms with Crippen LogP contribution in [-0.2, 0) is 0 Å². The van der Waals surface area contributed by atoms with Gasteiger partial charge in [0.05, 0.1) is 0 Å². The summed E-state index contributed by atoms with van der Waals surface area (Å²) < 4.78 is 4.78. The van der Waals surface area contributed by atoms with Gasteiger partial charge in [-0.25, -0.2) is 0 Å². The van der Waals surface area contributed by atoms with Crippen LogP contribution >= 0.6 is 0 Å². The van der Waals surface area contributed by atoms with Crippen molar-refractivity contribution < 1.29 is 0 Å². The summed E-state index contributed by atoms with van der Waals surface area (Å²) in [5.74, 6) is 0. The van der Waals surface area contributed by atoms with E-state index in [4.69, 9.17) is 0 Å². The molecule has 0 aliphatic heterocycles. The van der Waals surface area contributed by atoms with Crippen molar-refractivity contribution in [2.24, 2.45) is 0 Å². The molecule has 0 spiro atoms. The van der Waals surface area contributed by atoms with Crippen molar-refractivity contribution in [1.82, 2.24) is 0 Å². The van der Waals surface area contributed by atoms with Gasteiger partial charge in [0.25, 0.3) is 0 Å². The van der Waals surface area contributed by atoms with Crippen LogP contribution in [-0.4, -0.2) is 13.3 Å². The number of hydrogen-bond donors (Lipinski definition) is 0. The molecule has 0 saturated carbocycles. The summed E-state index contributed by atoms with van der Waals surface area (Å²) in [5, 5.41) is 1.34. The molecular weight excluding hydrogens is 433 g/mol. The SMILES string of the molecule is CCCCCCCCCCC[CH2][Ge]([c]1ccccc1)([c]1ccccc1)[c]1ccccc1. The first-order valence-electron chi connectivity index (χ1n) is 12.5. The van der Waals surface area contributed by atoms with Gasteiger partial charge in [-0.15, -0.1) is 0 Å². The van der Waals surface area contributed by atoms with Crippen LogP contribution in [0.4, 0.5) is 0 Å². The molecular formula is C30H40Ge. The Balaban J connectivity index is 1.70. The second-order valence-electron chi connectivity index (χ2n) is 8.94. The van der Waals surface area contributed by atoms with Gasteiger partial charge in [0.15, 0.2) is 0 Å². The van der Waals surface area contributed by atoms with Crippen molar-refractivity contribution in [3.05, 3.63) is 91.0 Å². The first kappa shape index (κ1) is 23.9. The van der Waals surface area contributed by atoms with Gasteiger partial charge in [0, 0.05) is 0 Å². The zero-order valence-corrected chi connectivity index (χ0v) is 21.5. The van der Waals surface area contributed by atoms with Gasteiger partial charge in [-0.1, -0.05) is 0 Å². The Morgan fingerprint density at radius 2 is 0.742 bits per heavy atom. The Kier molecular flexibility index (Phi) is 10.5. The van der Waals surface area contributed by atoms with Crippen LogP contribution in [0.1, 0.15) is 71.1 Å². The summed E-state index contributed by atoms with van der Waals surface area (Å²) in [6, 6.07) is 34.3. The molecule has 0 heterocycles. The molecule has 164 valence electrons. The molecule has 0 nitrogen and oxygen atoms in total. The fourth-order valence-corrected chi connectivity index (χ4v) is 15.3. The third-order valence-corrected chi connectivity index (χ3v) is 17.3. The molecule has 1 heteroatoms. The fourth-order valence-electron chi connectivity index (χ4n) is 4.98. The van der Waals surface area contributed by atoms with Crippen molar-refractivity contribution in [3.63, 3.8) is 0 Å². The van der Waals surface area contributed by atoms with Crippen molar-refractivity contribution in [1.29, 1.82) is 0 Å². The van der Waals surface area contributed by atoms with E-state index in [0.717, 1.165) is 0 Å². The van der Waals surface area contributed by atoms with E-state index in [1.807, 2.05) is 0 Å². The average Bonchev–Trinajstić information content (AvgIpc) is 2.84. The van der Waals surface area contributed by atoms with Gasteiger partial charge < -0.3 is 0 Å². The van der Waals surface area contributed by atoms with E-state index in [0.29, 0.717) is 0 Å². The summed E-state index contributed by atoms with van der Waals surface area (Å²) in [4.78, 5) is 0. The Labute approximate surface area is 193 Å². The number of unbranched alkanes of at least 4 members (excludes halogenated alkanes) is 9. The van der Waals surface area contributed by atoms with Crippen LogP contribution in [0.2, 0.25) is 5.25 Å². The molecule has 0 aliphatic rings. The average molecular weight is 473 g/mol. The second kappa shape index (κ2) is 13.6. The van der Waals surface area contributed by atoms with Gasteiger partial charge in [-0.2, -0.15) is 0 Å². The standard InChI is InChI=1S/C30H40Ge/c1-2-3-4-5-6-7-8-9-10-20-27-31(28-21-14-11-15-22-28,29-23-16-12-17-24-29)30-25-18-13-19-26-30/h11-19,21-26H,2-10,20,27H2,1H3. The maximum atomic E-state index is 2.40.